The van der Waals surface area contributed by atoms with Gasteiger partial charge in [0.2, 0.25) is 17.8 Å². The Bertz CT molecular complexity index is 2120. The number of nitrogens with one attached hydrogen (secondary N) is 2. The highest BCUT2D eigenvalue weighted by Crippen LogP contribution is 2.40. The number of nitrogens with zero attached hydrogens (tertiary/aromatic N) is 4. The SMILES string of the molecule is CC1(Oc2ccc(C(C)(C)c3ccc(OCc4ccnc(N5CCOCC5)n4)cc3)cc2)CC(Nc2ccc3c(c2)C(=O)N(C2CCC(=O)NC2=O)C3=O)C1. The van der Waals surface area contributed by atoms with E-state index >= 15 is 0 Å². The van der Waals surface area contributed by atoms with Gasteiger partial charge in [0.25, 0.3) is 11.8 Å². The van der Waals surface area contributed by atoms with Crippen LogP contribution >= 0.6 is 0 Å². The average Bonchev–Trinajstić information content (AvgIpc) is 3.42. The van der Waals surface area contributed by atoms with E-state index in [1.54, 1.807) is 24.4 Å². The van der Waals surface area contributed by atoms with Crippen molar-refractivity contribution in [3.8, 4) is 11.5 Å². The zero-order valence-electron chi connectivity index (χ0n) is 31.2. The molecular formula is C42H44N6O7. The molecule has 4 aromatic rings. The standard InChI is InChI=1S/C42H44N6O7/c1-41(2,26-4-9-31(10-5-26)54-25-29-16-17-43-40(45-29)47-18-20-53-21-19-47)27-6-11-32(12-7-27)55-42(3)23-30(24-42)44-28-8-13-33-34(22-28)39(52)48(38(33)51)35-14-15-36(49)46-37(35)50/h4-13,16-17,22,30,35,44H,14-15,18-21,23-25H2,1-3H3,(H,46,49,50). The van der Waals surface area contributed by atoms with Crippen molar-refractivity contribution >= 4 is 35.3 Å². The van der Waals surface area contributed by atoms with Crippen molar-refractivity contribution in [2.24, 2.45) is 0 Å². The first kappa shape index (κ1) is 36.2. The van der Waals surface area contributed by atoms with Crippen molar-refractivity contribution in [3.63, 3.8) is 0 Å². The van der Waals surface area contributed by atoms with Crippen LogP contribution in [0.1, 0.15) is 84.0 Å². The van der Waals surface area contributed by atoms with E-state index in [2.05, 4.69) is 70.5 Å². The van der Waals surface area contributed by atoms with E-state index in [1.165, 1.54) is 0 Å². The second-order valence-electron chi connectivity index (χ2n) is 15.4. The first-order chi connectivity index (χ1) is 26.5. The normalized spacial score (nSPS) is 22.5. The molecule has 1 saturated carbocycles. The first-order valence-corrected chi connectivity index (χ1v) is 18.8. The number of carbonyl (C=O) groups is 4. The molecule has 3 aliphatic heterocycles. The van der Waals surface area contributed by atoms with Gasteiger partial charge in [0, 0.05) is 55.7 Å². The van der Waals surface area contributed by atoms with Crippen LogP contribution in [0.4, 0.5) is 11.6 Å². The number of hydrogen-bond donors (Lipinski definition) is 2. The molecule has 3 fully saturated rings. The summed E-state index contributed by atoms with van der Waals surface area (Å²) in [4.78, 5) is 62.5. The highest BCUT2D eigenvalue weighted by Gasteiger charge is 2.46. The molecular weight excluding hydrogens is 700 g/mol. The summed E-state index contributed by atoms with van der Waals surface area (Å²) in [7, 11) is 0. The van der Waals surface area contributed by atoms with E-state index in [9.17, 15) is 19.2 Å². The van der Waals surface area contributed by atoms with Gasteiger partial charge in [-0.2, -0.15) is 0 Å². The van der Waals surface area contributed by atoms with Crippen molar-refractivity contribution in [1.29, 1.82) is 0 Å². The minimum Gasteiger partial charge on any atom is -0.487 e. The number of benzene rings is 3. The average molecular weight is 745 g/mol. The van der Waals surface area contributed by atoms with E-state index in [1.807, 2.05) is 30.3 Å². The summed E-state index contributed by atoms with van der Waals surface area (Å²) >= 11 is 0. The largest absolute Gasteiger partial charge is 0.487 e. The monoisotopic (exact) mass is 744 g/mol. The fourth-order valence-corrected chi connectivity index (χ4v) is 7.86. The van der Waals surface area contributed by atoms with E-state index in [0.29, 0.717) is 31.5 Å². The molecule has 1 aliphatic carbocycles. The molecule has 4 heterocycles. The smallest absolute Gasteiger partial charge is 0.262 e. The predicted molar refractivity (Wildman–Crippen MR) is 203 cm³/mol. The van der Waals surface area contributed by atoms with Crippen molar-refractivity contribution in [1.82, 2.24) is 20.2 Å². The highest BCUT2D eigenvalue weighted by atomic mass is 16.5. The summed E-state index contributed by atoms with van der Waals surface area (Å²) in [6.45, 7) is 9.75. The first-order valence-electron chi connectivity index (χ1n) is 18.8. The molecule has 4 amide bonds. The molecule has 13 nitrogen and oxygen atoms in total. The predicted octanol–water partition coefficient (Wildman–Crippen LogP) is 5.03. The van der Waals surface area contributed by atoms with Crippen LogP contribution in [0.3, 0.4) is 0 Å². The Morgan fingerprint density at radius 1 is 0.891 bits per heavy atom. The lowest BCUT2D eigenvalue weighted by Crippen LogP contribution is -2.54. The van der Waals surface area contributed by atoms with Gasteiger partial charge in [0.15, 0.2) is 0 Å². The van der Waals surface area contributed by atoms with Crippen molar-refractivity contribution in [2.75, 3.05) is 36.5 Å². The summed E-state index contributed by atoms with van der Waals surface area (Å²) in [5, 5.41) is 5.70. The minimum absolute atomic E-state index is 0.0804. The van der Waals surface area contributed by atoms with Crippen molar-refractivity contribution < 1.29 is 33.4 Å². The number of anilines is 2. The van der Waals surface area contributed by atoms with Crippen molar-refractivity contribution in [3.05, 3.63) is 107 Å². The van der Waals surface area contributed by atoms with Gasteiger partial charge in [-0.1, -0.05) is 38.1 Å². The number of piperidine rings is 1. The number of fused-ring (bicyclic) bond motifs is 1. The third-order valence-corrected chi connectivity index (χ3v) is 11.1. The van der Waals surface area contributed by atoms with Crippen LogP contribution in [0.25, 0.3) is 0 Å². The minimum atomic E-state index is -0.990. The summed E-state index contributed by atoms with van der Waals surface area (Å²) in [5.74, 6) is 0.204. The Morgan fingerprint density at radius 3 is 2.25 bits per heavy atom. The molecule has 13 heteroatoms. The van der Waals surface area contributed by atoms with Gasteiger partial charge in [-0.25, -0.2) is 9.97 Å². The molecule has 3 aromatic carbocycles. The molecule has 284 valence electrons. The molecule has 2 saturated heterocycles. The number of imide groups is 2. The Kier molecular flexibility index (Phi) is 9.50. The number of hydrogen-bond acceptors (Lipinski definition) is 11. The van der Waals surface area contributed by atoms with Crippen LogP contribution in [-0.2, 0) is 26.3 Å². The van der Waals surface area contributed by atoms with Gasteiger partial charge in [-0.3, -0.25) is 29.4 Å². The molecule has 2 N–H and O–H groups in total. The van der Waals surface area contributed by atoms with Gasteiger partial charge in [-0.05, 0) is 73.0 Å². The Balaban J connectivity index is 0.832. The van der Waals surface area contributed by atoms with E-state index in [0.717, 1.165) is 59.2 Å². The Hall–Kier alpha value is -5.82. The highest BCUT2D eigenvalue weighted by molar-refractivity contribution is 6.23. The van der Waals surface area contributed by atoms with Crippen LogP contribution < -0.4 is 25.0 Å². The molecule has 0 bridgehead atoms. The van der Waals surface area contributed by atoms with E-state index in [-0.39, 0.29) is 41.0 Å². The van der Waals surface area contributed by atoms with Crippen LogP contribution in [0.15, 0.2) is 79.0 Å². The summed E-state index contributed by atoms with van der Waals surface area (Å²) < 4.78 is 18.0. The molecule has 4 aliphatic rings. The van der Waals surface area contributed by atoms with Gasteiger partial charge < -0.3 is 24.4 Å². The molecule has 0 radical (unpaired) electrons. The molecule has 1 aromatic heterocycles. The third-order valence-electron chi connectivity index (χ3n) is 11.1. The zero-order valence-corrected chi connectivity index (χ0v) is 31.2. The molecule has 1 unspecified atom stereocenters. The maximum atomic E-state index is 13.2. The molecule has 0 spiro atoms. The van der Waals surface area contributed by atoms with Crippen molar-refractivity contribution in [2.45, 2.75) is 76.2 Å². The van der Waals surface area contributed by atoms with Gasteiger partial charge in [-0.15, -0.1) is 0 Å². The number of amides is 4. The third kappa shape index (κ3) is 7.36. The number of ether oxygens (including phenoxy) is 3. The van der Waals surface area contributed by atoms with Gasteiger partial charge in [0.1, 0.15) is 29.7 Å². The second-order valence-corrected chi connectivity index (χ2v) is 15.4. The lowest BCUT2D eigenvalue weighted by Gasteiger charge is -2.45. The molecule has 8 rings (SSSR count). The maximum Gasteiger partial charge on any atom is 0.262 e. The van der Waals surface area contributed by atoms with E-state index in [4.69, 9.17) is 14.2 Å². The van der Waals surface area contributed by atoms with Gasteiger partial charge >= 0.3 is 0 Å². The second kappa shape index (κ2) is 14.4. The Morgan fingerprint density at radius 2 is 1.56 bits per heavy atom. The number of carbonyl (C=O) groups excluding carboxylic acids is 4. The number of rotatable bonds is 11. The number of aromatic nitrogens is 2. The summed E-state index contributed by atoms with van der Waals surface area (Å²) in [6, 6.07) is 22.5. The lowest BCUT2D eigenvalue weighted by atomic mass is 9.76. The molecule has 1 atom stereocenters. The molecule has 55 heavy (non-hydrogen) atoms. The zero-order chi connectivity index (χ0) is 38.3. The summed E-state index contributed by atoms with van der Waals surface area (Å²) in [5.41, 5.74) is 3.74. The van der Waals surface area contributed by atoms with Gasteiger partial charge in [0.05, 0.1) is 30.0 Å². The van der Waals surface area contributed by atoms with Crippen LogP contribution in [-0.4, -0.2) is 82.5 Å². The Labute approximate surface area is 319 Å². The lowest BCUT2D eigenvalue weighted by molar-refractivity contribution is -0.136. The van der Waals surface area contributed by atoms with E-state index < -0.39 is 29.7 Å². The number of morpholine rings is 1. The van der Waals surface area contributed by atoms with Crippen LogP contribution in [0.2, 0.25) is 0 Å². The van der Waals surface area contributed by atoms with Crippen LogP contribution in [0, 0.1) is 0 Å². The topological polar surface area (TPSA) is 152 Å². The summed E-state index contributed by atoms with van der Waals surface area (Å²) in [6.07, 6.45) is 3.46. The fraction of sp³-hybridized carbons (Fsp3) is 0.381. The van der Waals surface area contributed by atoms with Crippen LogP contribution in [0.5, 0.6) is 11.5 Å². The maximum absolute atomic E-state index is 13.2. The fourth-order valence-electron chi connectivity index (χ4n) is 7.86. The quantitative estimate of drug-likeness (QED) is 0.199.